The normalized spacial score (nSPS) is 24.1. The minimum atomic E-state index is 0.445. The molecular weight excluding hydrogens is 242 g/mol. The van der Waals surface area contributed by atoms with Crippen molar-refractivity contribution >= 4 is 23.0 Å². The molecule has 1 aromatic rings. The third-order valence-corrected chi connectivity index (χ3v) is 4.24. The summed E-state index contributed by atoms with van der Waals surface area (Å²) in [5.74, 6) is 1.64. The molecule has 4 heteroatoms. The first-order valence-corrected chi connectivity index (χ1v) is 6.95. The van der Waals surface area contributed by atoms with Crippen molar-refractivity contribution in [2.75, 3.05) is 11.4 Å². The molecule has 1 fully saturated rings. The summed E-state index contributed by atoms with van der Waals surface area (Å²) in [5, 5.41) is 0. The van der Waals surface area contributed by atoms with Crippen LogP contribution in [0.1, 0.15) is 37.8 Å². The van der Waals surface area contributed by atoms with Crippen LogP contribution in [0, 0.1) is 12.8 Å². The maximum Gasteiger partial charge on any atom is 0.139 e. The number of piperidine rings is 1. The van der Waals surface area contributed by atoms with Gasteiger partial charge in [0.2, 0.25) is 0 Å². The maximum atomic E-state index is 5.87. The minimum absolute atomic E-state index is 0.445. The molecule has 1 saturated heterocycles. The third-order valence-electron chi connectivity index (χ3n) is 4.03. The van der Waals surface area contributed by atoms with Crippen LogP contribution in [0.15, 0.2) is 12.3 Å². The molecule has 3 nitrogen and oxygen atoms in total. The first kappa shape index (κ1) is 13.3. The highest BCUT2D eigenvalue weighted by Crippen LogP contribution is 2.30. The van der Waals surface area contributed by atoms with Gasteiger partial charge in [0.05, 0.1) is 5.56 Å². The molecule has 0 saturated carbocycles. The molecule has 0 aliphatic carbocycles. The summed E-state index contributed by atoms with van der Waals surface area (Å²) in [5.41, 5.74) is 7.91. The lowest BCUT2D eigenvalue weighted by molar-refractivity contribution is 0.361. The van der Waals surface area contributed by atoms with Gasteiger partial charge in [-0.05, 0) is 44.2 Å². The molecule has 2 heterocycles. The number of nitrogens with zero attached hydrogens (tertiary/aromatic N) is 2. The van der Waals surface area contributed by atoms with Crippen LogP contribution in [0.5, 0.6) is 0 Å². The fraction of sp³-hybridized carbons (Fsp3) is 0.571. The smallest absolute Gasteiger partial charge is 0.139 e. The van der Waals surface area contributed by atoms with E-state index >= 15 is 0 Å². The molecule has 0 amide bonds. The molecule has 0 bridgehead atoms. The second-order valence-corrected chi connectivity index (χ2v) is 5.68. The van der Waals surface area contributed by atoms with Crippen LogP contribution in [0.2, 0.25) is 0 Å². The Kier molecular flexibility index (Phi) is 3.85. The lowest BCUT2D eigenvalue weighted by atomic mass is 9.91. The lowest BCUT2D eigenvalue weighted by Gasteiger charge is -2.39. The number of pyridine rings is 1. The Balaban J connectivity index is 2.44. The van der Waals surface area contributed by atoms with Gasteiger partial charge >= 0.3 is 0 Å². The highest BCUT2D eigenvalue weighted by atomic mass is 32.1. The van der Waals surface area contributed by atoms with Crippen LogP contribution in [0.3, 0.4) is 0 Å². The number of anilines is 1. The average molecular weight is 263 g/mol. The van der Waals surface area contributed by atoms with E-state index in [9.17, 15) is 0 Å². The molecule has 98 valence electrons. The van der Waals surface area contributed by atoms with Gasteiger partial charge in [0.25, 0.3) is 0 Å². The summed E-state index contributed by atoms with van der Waals surface area (Å²) in [4.78, 5) is 7.33. The van der Waals surface area contributed by atoms with Gasteiger partial charge in [0.1, 0.15) is 10.8 Å². The van der Waals surface area contributed by atoms with E-state index in [1.165, 1.54) is 12.8 Å². The lowest BCUT2D eigenvalue weighted by Crippen LogP contribution is -2.44. The molecule has 1 aliphatic rings. The fourth-order valence-corrected chi connectivity index (χ4v) is 2.95. The summed E-state index contributed by atoms with van der Waals surface area (Å²) < 4.78 is 0. The van der Waals surface area contributed by atoms with E-state index in [0.29, 0.717) is 16.9 Å². The Hall–Kier alpha value is -1.16. The zero-order chi connectivity index (χ0) is 13.3. The van der Waals surface area contributed by atoms with E-state index in [1.807, 2.05) is 19.2 Å². The van der Waals surface area contributed by atoms with E-state index in [2.05, 4.69) is 23.7 Å². The van der Waals surface area contributed by atoms with Gasteiger partial charge in [-0.25, -0.2) is 4.98 Å². The van der Waals surface area contributed by atoms with Gasteiger partial charge in [-0.2, -0.15) is 0 Å². The van der Waals surface area contributed by atoms with E-state index in [4.69, 9.17) is 18.0 Å². The summed E-state index contributed by atoms with van der Waals surface area (Å²) >= 11 is 5.19. The molecule has 1 aromatic heterocycles. The summed E-state index contributed by atoms with van der Waals surface area (Å²) in [6, 6.07) is 2.46. The van der Waals surface area contributed by atoms with Crippen LogP contribution in [-0.4, -0.2) is 22.6 Å². The van der Waals surface area contributed by atoms with E-state index in [1.54, 1.807) is 0 Å². The highest BCUT2D eigenvalue weighted by Gasteiger charge is 2.28. The van der Waals surface area contributed by atoms with Gasteiger partial charge in [0.15, 0.2) is 0 Å². The van der Waals surface area contributed by atoms with Gasteiger partial charge in [-0.3, -0.25) is 0 Å². The summed E-state index contributed by atoms with van der Waals surface area (Å²) in [7, 11) is 0. The zero-order valence-electron chi connectivity index (χ0n) is 11.3. The highest BCUT2D eigenvalue weighted by molar-refractivity contribution is 7.80. The van der Waals surface area contributed by atoms with E-state index in [0.717, 1.165) is 23.5 Å². The van der Waals surface area contributed by atoms with Crippen molar-refractivity contribution in [3.63, 3.8) is 0 Å². The molecule has 2 N–H and O–H groups in total. The molecule has 0 spiro atoms. The second kappa shape index (κ2) is 5.22. The number of aromatic nitrogens is 1. The van der Waals surface area contributed by atoms with Crippen LogP contribution in [0.25, 0.3) is 0 Å². The van der Waals surface area contributed by atoms with Crippen LogP contribution >= 0.6 is 12.2 Å². The van der Waals surface area contributed by atoms with E-state index < -0.39 is 0 Å². The standard InChI is InChI=1S/C14H21N3S/c1-9-5-4-8-17(11(9)3)14-12(13(15)18)10(2)6-7-16-14/h6-7,9,11H,4-5,8H2,1-3H3,(H2,15,18). The Labute approximate surface area is 114 Å². The molecule has 2 unspecified atom stereocenters. The predicted octanol–water partition coefficient (Wildman–Crippen LogP) is 2.65. The Morgan fingerprint density at radius 3 is 2.89 bits per heavy atom. The number of hydrogen-bond acceptors (Lipinski definition) is 3. The van der Waals surface area contributed by atoms with Crippen molar-refractivity contribution in [1.82, 2.24) is 4.98 Å². The quantitative estimate of drug-likeness (QED) is 0.833. The first-order valence-electron chi connectivity index (χ1n) is 6.54. The fourth-order valence-electron chi connectivity index (χ4n) is 2.70. The summed E-state index contributed by atoms with van der Waals surface area (Å²) in [6.45, 7) is 7.64. The molecule has 18 heavy (non-hydrogen) atoms. The Morgan fingerprint density at radius 1 is 1.50 bits per heavy atom. The molecule has 2 rings (SSSR count). The molecule has 2 atom stereocenters. The van der Waals surface area contributed by atoms with Crippen molar-refractivity contribution < 1.29 is 0 Å². The van der Waals surface area contributed by atoms with Crippen molar-refractivity contribution in [3.05, 3.63) is 23.4 Å². The van der Waals surface area contributed by atoms with Crippen molar-refractivity contribution in [3.8, 4) is 0 Å². The maximum absolute atomic E-state index is 5.87. The SMILES string of the molecule is Cc1ccnc(N2CCCC(C)C2C)c1C(N)=S. The number of hydrogen-bond donors (Lipinski definition) is 1. The molecule has 0 radical (unpaired) electrons. The molecular formula is C14H21N3S. The Morgan fingerprint density at radius 2 is 2.22 bits per heavy atom. The largest absolute Gasteiger partial charge is 0.389 e. The van der Waals surface area contributed by atoms with Crippen molar-refractivity contribution in [1.29, 1.82) is 0 Å². The zero-order valence-corrected chi connectivity index (χ0v) is 12.1. The van der Waals surface area contributed by atoms with Crippen LogP contribution in [-0.2, 0) is 0 Å². The summed E-state index contributed by atoms with van der Waals surface area (Å²) in [6.07, 6.45) is 4.34. The van der Waals surface area contributed by atoms with Gasteiger partial charge in [-0.15, -0.1) is 0 Å². The van der Waals surface area contributed by atoms with Gasteiger partial charge in [-0.1, -0.05) is 19.1 Å². The topological polar surface area (TPSA) is 42.2 Å². The van der Waals surface area contributed by atoms with Crippen molar-refractivity contribution in [2.24, 2.45) is 11.7 Å². The minimum Gasteiger partial charge on any atom is -0.389 e. The second-order valence-electron chi connectivity index (χ2n) is 5.24. The predicted molar refractivity (Wildman–Crippen MR) is 80.1 cm³/mol. The number of nitrogens with two attached hydrogens (primary N) is 1. The average Bonchev–Trinajstić information content (AvgIpc) is 2.32. The number of aryl methyl sites for hydroxylation is 1. The van der Waals surface area contributed by atoms with Crippen LogP contribution in [0.4, 0.5) is 5.82 Å². The molecule has 1 aliphatic heterocycles. The Bertz CT molecular complexity index is 458. The monoisotopic (exact) mass is 263 g/mol. The first-order chi connectivity index (χ1) is 8.52. The van der Waals surface area contributed by atoms with Crippen LogP contribution < -0.4 is 10.6 Å². The van der Waals surface area contributed by atoms with Crippen molar-refractivity contribution in [2.45, 2.75) is 39.7 Å². The van der Waals surface area contributed by atoms with Gasteiger partial charge in [0, 0.05) is 18.8 Å². The number of thiocarbonyl (C=S) groups is 1. The van der Waals surface area contributed by atoms with E-state index in [-0.39, 0.29) is 0 Å². The third kappa shape index (κ3) is 2.34. The number of rotatable bonds is 2. The molecule has 0 aromatic carbocycles. The van der Waals surface area contributed by atoms with Gasteiger partial charge < -0.3 is 10.6 Å².